The normalized spacial score (nSPS) is 18.5. The molecule has 27 heavy (non-hydrogen) atoms. The van der Waals surface area contributed by atoms with Gasteiger partial charge in [-0.05, 0) is 31.2 Å². The van der Waals surface area contributed by atoms with E-state index in [1.54, 1.807) is 18.7 Å². The van der Waals surface area contributed by atoms with Crippen LogP contribution in [-0.2, 0) is 11.0 Å². The molecule has 0 aromatic carbocycles. The number of alkyl halides is 3. The maximum atomic E-state index is 13.7. The first-order valence-corrected chi connectivity index (χ1v) is 9.37. The number of carbonyl (C=O) groups is 1. The third kappa shape index (κ3) is 3.94. The molecule has 1 amide bonds. The van der Waals surface area contributed by atoms with Crippen molar-refractivity contribution in [3.8, 4) is 0 Å². The SMILES string of the molecule is CCCC(=O)N1CCC[C@@H](c2noc3nc(C(C)C)cc(C(F)(F)F)c23)C1. The van der Waals surface area contributed by atoms with E-state index in [1.165, 1.54) is 0 Å². The fourth-order valence-electron chi connectivity index (χ4n) is 3.59. The molecule has 5 nitrogen and oxygen atoms in total. The molecule has 0 bridgehead atoms. The summed E-state index contributed by atoms with van der Waals surface area (Å²) in [6, 6.07) is 1.09. The van der Waals surface area contributed by atoms with Gasteiger partial charge in [0.2, 0.25) is 5.91 Å². The van der Waals surface area contributed by atoms with Crippen molar-refractivity contribution < 1.29 is 22.5 Å². The van der Waals surface area contributed by atoms with E-state index in [4.69, 9.17) is 4.52 Å². The highest BCUT2D eigenvalue weighted by Gasteiger charge is 2.38. The summed E-state index contributed by atoms with van der Waals surface area (Å²) in [6.45, 7) is 6.49. The molecule has 0 spiro atoms. The van der Waals surface area contributed by atoms with Crippen molar-refractivity contribution in [2.24, 2.45) is 0 Å². The highest BCUT2D eigenvalue weighted by atomic mass is 19.4. The van der Waals surface area contributed by atoms with Crippen molar-refractivity contribution in [2.45, 2.75) is 64.5 Å². The topological polar surface area (TPSA) is 59.2 Å². The van der Waals surface area contributed by atoms with Gasteiger partial charge in [-0.25, -0.2) is 4.98 Å². The second kappa shape index (κ2) is 7.48. The van der Waals surface area contributed by atoms with Gasteiger partial charge in [-0.15, -0.1) is 0 Å². The number of hydrogen-bond donors (Lipinski definition) is 0. The highest BCUT2D eigenvalue weighted by Crippen LogP contribution is 2.40. The molecule has 148 valence electrons. The average Bonchev–Trinajstić information content (AvgIpc) is 3.04. The lowest BCUT2D eigenvalue weighted by Gasteiger charge is -2.32. The van der Waals surface area contributed by atoms with Gasteiger partial charge in [0, 0.05) is 31.1 Å². The molecule has 0 unspecified atom stereocenters. The third-order valence-corrected chi connectivity index (χ3v) is 5.01. The van der Waals surface area contributed by atoms with Crippen LogP contribution in [0.5, 0.6) is 0 Å². The molecule has 0 saturated carbocycles. The second-order valence-corrected chi connectivity index (χ2v) is 7.42. The minimum atomic E-state index is -4.53. The van der Waals surface area contributed by atoms with Crippen LogP contribution in [0, 0.1) is 0 Å². The number of likely N-dealkylation sites (tertiary alicyclic amines) is 1. The molecule has 1 fully saturated rings. The van der Waals surface area contributed by atoms with E-state index < -0.39 is 11.7 Å². The van der Waals surface area contributed by atoms with Crippen LogP contribution < -0.4 is 0 Å². The number of aromatic nitrogens is 2. The van der Waals surface area contributed by atoms with E-state index >= 15 is 0 Å². The Morgan fingerprint density at radius 2 is 2.15 bits per heavy atom. The van der Waals surface area contributed by atoms with Crippen molar-refractivity contribution in [1.82, 2.24) is 15.0 Å². The minimum Gasteiger partial charge on any atom is -0.342 e. The second-order valence-electron chi connectivity index (χ2n) is 7.42. The molecule has 2 aromatic heterocycles. The number of hydrogen-bond acceptors (Lipinski definition) is 4. The standard InChI is InChI=1S/C19H24F3N3O2/c1-4-6-15(26)25-8-5-7-12(10-25)17-16-13(19(20,21)22)9-14(11(2)3)23-18(16)27-24-17/h9,11-12H,4-8,10H2,1-3H3/t12-/m1/s1. The largest absolute Gasteiger partial charge is 0.417 e. The number of amides is 1. The number of halogens is 3. The quantitative estimate of drug-likeness (QED) is 0.756. The fourth-order valence-corrected chi connectivity index (χ4v) is 3.59. The number of nitrogens with zero attached hydrogens (tertiary/aromatic N) is 3. The molecule has 3 rings (SSSR count). The van der Waals surface area contributed by atoms with Gasteiger partial charge < -0.3 is 9.42 Å². The Bertz CT molecular complexity index is 829. The van der Waals surface area contributed by atoms with Crippen molar-refractivity contribution in [2.75, 3.05) is 13.1 Å². The molecule has 3 heterocycles. The summed E-state index contributed by atoms with van der Waals surface area (Å²) >= 11 is 0. The molecule has 0 radical (unpaired) electrons. The van der Waals surface area contributed by atoms with Gasteiger partial charge in [0.25, 0.3) is 5.71 Å². The van der Waals surface area contributed by atoms with Crippen LogP contribution in [0.1, 0.15) is 75.2 Å². The number of rotatable bonds is 4. The molecule has 0 aliphatic carbocycles. The summed E-state index contributed by atoms with van der Waals surface area (Å²) in [5.41, 5.74) is -0.264. The Morgan fingerprint density at radius 3 is 2.78 bits per heavy atom. The van der Waals surface area contributed by atoms with Gasteiger partial charge in [-0.2, -0.15) is 13.2 Å². The summed E-state index contributed by atoms with van der Waals surface area (Å²) in [4.78, 5) is 18.2. The molecule has 2 aromatic rings. The van der Waals surface area contributed by atoms with Crippen LogP contribution >= 0.6 is 0 Å². The van der Waals surface area contributed by atoms with E-state index in [-0.39, 0.29) is 34.5 Å². The Hall–Kier alpha value is -2.12. The molecule has 1 atom stereocenters. The molecule has 1 aliphatic rings. The summed E-state index contributed by atoms with van der Waals surface area (Å²) in [5, 5.41) is 3.89. The predicted molar refractivity (Wildman–Crippen MR) is 94.4 cm³/mol. The van der Waals surface area contributed by atoms with Gasteiger partial charge in [-0.3, -0.25) is 4.79 Å². The smallest absolute Gasteiger partial charge is 0.342 e. The van der Waals surface area contributed by atoms with Crippen molar-refractivity contribution >= 4 is 17.0 Å². The van der Waals surface area contributed by atoms with E-state index in [2.05, 4.69) is 10.1 Å². The lowest BCUT2D eigenvalue weighted by Crippen LogP contribution is -2.39. The maximum absolute atomic E-state index is 13.7. The molecule has 1 aliphatic heterocycles. The van der Waals surface area contributed by atoms with Crippen LogP contribution in [0.2, 0.25) is 0 Å². The third-order valence-electron chi connectivity index (χ3n) is 5.01. The average molecular weight is 383 g/mol. The van der Waals surface area contributed by atoms with Crippen LogP contribution in [0.3, 0.4) is 0 Å². The Kier molecular flexibility index (Phi) is 5.44. The number of piperidine rings is 1. The van der Waals surface area contributed by atoms with E-state index in [0.29, 0.717) is 31.6 Å². The Labute approximate surface area is 155 Å². The lowest BCUT2D eigenvalue weighted by atomic mass is 9.91. The number of fused-ring (bicyclic) bond motifs is 1. The zero-order chi connectivity index (χ0) is 19.8. The first-order chi connectivity index (χ1) is 12.7. The van der Waals surface area contributed by atoms with Crippen molar-refractivity contribution in [3.63, 3.8) is 0 Å². The van der Waals surface area contributed by atoms with Gasteiger partial charge in [0.05, 0.1) is 16.6 Å². The summed E-state index contributed by atoms with van der Waals surface area (Å²) in [7, 11) is 0. The zero-order valence-corrected chi connectivity index (χ0v) is 15.8. The van der Waals surface area contributed by atoms with Gasteiger partial charge in [0.1, 0.15) is 0 Å². The molecular formula is C19H24F3N3O2. The predicted octanol–water partition coefficient (Wildman–Crippen LogP) is 4.87. The Morgan fingerprint density at radius 1 is 1.41 bits per heavy atom. The molecule has 1 saturated heterocycles. The van der Waals surface area contributed by atoms with Crippen LogP contribution in [0.15, 0.2) is 10.6 Å². The summed E-state index contributed by atoms with van der Waals surface area (Å²) in [6.07, 6.45) is -1.95. The molecular weight excluding hydrogens is 359 g/mol. The van der Waals surface area contributed by atoms with Crippen molar-refractivity contribution in [1.29, 1.82) is 0 Å². The summed E-state index contributed by atoms with van der Waals surface area (Å²) in [5.74, 6) is -0.416. The number of pyridine rings is 1. The van der Waals surface area contributed by atoms with Gasteiger partial charge >= 0.3 is 6.18 Å². The van der Waals surface area contributed by atoms with E-state index in [1.807, 2.05) is 6.92 Å². The van der Waals surface area contributed by atoms with Crippen LogP contribution in [-0.4, -0.2) is 34.0 Å². The van der Waals surface area contributed by atoms with Crippen LogP contribution in [0.4, 0.5) is 13.2 Å². The van der Waals surface area contributed by atoms with Gasteiger partial charge in [-0.1, -0.05) is 25.9 Å². The first-order valence-electron chi connectivity index (χ1n) is 9.37. The number of carbonyl (C=O) groups excluding carboxylic acids is 1. The Balaban J connectivity index is 2.03. The zero-order valence-electron chi connectivity index (χ0n) is 15.8. The van der Waals surface area contributed by atoms with E-state index in [9.17, 15) is 18.0 Å². The summed E-state index contributed by atoms with van der Waals surface area (Å²) < 4.78 is 46.4. The lowest BCUT2D eigenvalue weighted by molar-refractivity contribution is -0.136. The molecule has 8 heteroatoms. The first kappa shape index (κ1) is 19.6. The van der Waals surface area contributed by atoms with E-state index in [0.717, 1.165) is 18.9 Å². The fraction of sp³-hybridized carbons (Fsp3) is 0.632. The van der Waals surface area contributed by atoms with Gasteiger partial charge in [0.15, 0.2) is 0 Å². The monoisotopic (exact) mass is 383 g/mol. The maximum Gasteiger partial charge on any atom is 0.417 e. The van der Waals surface area contributed by atoms with Crippen LogP contribution in [0.25, 0.3) is 11.1 Å². The minimum absolute atomic E-state index is 0.0336. The molecule has 0 N–H and O–H groups in total. The van der Waals surface area contributed by atoms with Crippen molar-refractivity contribution in [3.05, 3.63) is 23.0 Å². The highest BCUT2D eigenvalue weighted by molar-refractivity contribution is 5.82.